The summed E-state index contributed by atoms with van der Waals surface area (Å²) in [6.45, 7) is 1.58. The van der Waals surface area contributed by atoms with E-state index in [9.17, 15) is 13.2 Å². The quantitative estimate of drug-likeness (QED) is 0.913. The summed E-state index contributed by atoms with van der Waals surface area (Å²) in [4.78, 5) is 11.4. The Bertz CT molecular complexity index is 547. The molecule has 4 nitrogen and oxygen atoms in total. The standard InChI is InChI=1S/C10H9F3N4S/c1-5-3-15-8(16-4-5)9-17-7(10(11,12)13)6(2-14)18-9/h3-4H,2,14H2,1H3. The summed E-state index contributed by atoms with van der Waals surface area (Å²) in [6, 6.07) is 0. The molecule has 2 aromatic heterocycles. The Balaban J connectivity index is 2.47. The van der Waals surface area contributed by atoms with Crippen molar-refractivity contribution in [3.8, 4) is 10.8 Å². The molecule has 0 aliphatic heterocycles. The molecule has 0 saturated carbocycles. The zero-order valence-electron chi connectivity index (χ0n) is 9.32. The largest absolute Gasteiger partial charge is 0.434 e. The fourth-order valence-corrected chi connectivity index (χ4v) is 2.22. The van der Waals surface area contributed by atoms with Crippen LogP contribution in [0.5, 0.6) is 0 Å². The molecule has 96 valence electrons. The molecule has 2 rings (SSSR count). The molecule has 8 heteroatoms. The van der Waals surface area contributed by atoms with Gasteiger partial charge >= 0.3 is 6.18 Å². The summed E-state index contributed by atoms with van der Waals surface area (Å²) in [7, 11) is 0. The van der Waals surface area contributed by atoms with Crippen LogP contribution in [0.1, 0.15) is 16.1 Å². The number of aromatic nitrogens is 3. The van der Waals surface area contributed by atoms with E-state index in [-0.39, 0.29) is 22.3 Å². The molecule has 0 radical (unpaired) electrons. The fourth-order valence-electron chi connectivity index (χ4n) is 1.31. The van der Waals surface area contributed by atoms with E-state index in [4.69, 9.17) is 5.73 Å². The van der Waals surface area contributed by atoms with Gasteiger partial charge in [-0.1, -0.05) is 0 Å². The van der Waals surface area contributed by atoms with E-state index in [2.05, 4.69) is 15.0 Å². The number of nitrogens with two attached hydrogens (primary N) is 1. The Kier molecular flexibility index (Phi) is 3.31. The van der Waals surface area contributed by atoms with Crippen molar-refractivity contribution >= 4 is 11.3 Å². The van der Waals surface area contributed by atoms with Crippen LogP contribution >= 0.6 is 11.3 Å². The average Bonchev–Trinajstić information content (AvgIpc) is 2.73. The third kappa shape index (κ3) is 2.49. The van der Waals surface area contributed by atoms with Gasteiger partial charge in [-0.15, -0.1) is 11.3 Å². The van der Waals surface area contributed by atoms with Crippen molar-refractivity contribution in [2.24, 2.45) is 5.73 Å². The van der Waals surface area contributed by atoms with Crippen molar-refractivity contribution in [2.45, 2.75) is 19.6 Å². The first-order chi connectivity index (χ1) is 8.41. The Labute approximate surface area is 105 Å². The predicted molar refractivity (Wildman–Crippen MR) is 60.8 cm³/mol. The molecular formula is C10H9F3N4S. The van der Waals surface area contributed by atoms with Crippen molar-refractivity contribution in [1.29, 1.82) is 0 Å². The molecule has 0 fully saturated rings. The summed E-state index contributed by atoms with van der Waals surface area (Å²) in [6.07, 6.45) is -1.45. The number of hydrogen-bond donors (Lipinski definition) is 1. The van der Waals surface area contributed by atoms with Crippen molar-refractivity contribution in [2.75, 3.05) is 0 Å². The Morgan fingerprint density at radius 3 is 2.33 bits per heavy atom. The summed E-state index contributed by atoms with van der Waals surface area (Å²) >= 11 is 0.864. The molecule has 0 aliphatic rings. The van der Waals surface area contributed by atoms with Gasteiger partial charge in [0.1, 0.15) is 0 Å². The summed E-state index contributed by atoms with van der Waals surface area (Å²) < 4.78 is 38.0. The Morgan fingerprint density at radius 1 is 1.28 bits per heavy atom. The number of halogens is 3. The molecule has 2 aromatic rings. The van der Waals surface area contributed by atoms with Gasteiger partial charge in [-0.05, 0) is 12.5 Å². The van der Waals surface area contributed by atoms with Gasteiger partial charge in [0.25, 0.3) is 0 Å². The highest BCUT2D eigenvalue weighted by Crippen LogP contribution is 2.36. The lowest BCUT2D eigenvalue weighted by molar-refractivity contribution is -0.141. The average molecular weight is 274 g/mol. The monoisotopic (exact) mass is 274 g/mol. The van der Waals surface area contributed by atoms with E-state index in [1.54, 1.807) is 6.92 Å². The number of thiazole rings is 1. The van der Waals surface area contributed by atoms with Gasteiger partial charge in [0, 0.05) is 18.9 Å². The van der Waals surface area contributed by atoms with Gasteiger partial charge in [0.15, 0.2) is 16.5 Å². The number of hydrogen-bond acceptors (Lipinski definition) is 5. The molecule has 0 aromatic carbocycles. The Hall–Kier alpha value is -1.54. The molecular weight excluding hydrogens is 265 g/mol. The summed E-state index contributed by atoms with van der Waals surface area (Å²) in [5.41, 5.74) is 5.17. The van der Waals surface area contributed by atoms with Crippen LogP contribution in [0.25, 0.3) is 10.8 Å². The molecule has 0 bridgehead atoms. The molecule has 0 amide bonds. The van der Waals surface area contributed by atoms with Gasteiger partial charge in [-0.2, -0.15) is 13.2 Å². The maximum atomic E-state index is 12.7. The van der Waals surface area contributed by atoms with Crippen molar-refractivity contribution in [3.63, 3.8) is 0 Å². The highest BCUT2D eigenvalue weighted by molar-refractivity contribution is 7.15. The highest BCUT2D eigenvalue weighted by atomic mass is 32.1. The molecule has 2 heterocycles. The Morgan fingerprint density at radius 2 is 1.89 bits per heavy atom. The minimum absolute atomic E-state index is 0.0123. The molecule has 0 saturated heterocycles. The summed E-state index contributed by atoms with van der Waals surface area (Å²) in [5, 5.41) is 0.128. The number of alkyl halides is 3. The van der Waals surface area contributed by atoms with Gasteiger partial charge < -0.3 is 5.73 Å². The van der Waals surface area contributed by atoms with E-state index in [1.165, 1.54) is 12.4 Å². The third-order valence-electron chi connectivity index (χ3n) is 2.12. The van der Waals surface area contributed by atoms with Crippen LogP contribution < -0.4 is 5.73 Å². The lowest BCUT2D eigenvalue weighted by Gasteiger charge is -2.03. The lowest BCUT2D eigenvalue weighted by atomic mass is 10.3. The number of nitrogens with zero attached hydrogens (tertiary/aromatic N) is 3. The van der Waals surface area contributed by atoms with E-state index >= 15 is 0 Å². The van der Waals surface area contributed by atoms with E-state index in [0.29, 0.717) is 0 Å². The van der Waals surface area contributed by atoms with Gasteiger partial charge in [-0.25, -0.2) is 15.0 Å². The SMILES string of the molecule is Cc1cnc(-c2nc(C(F)(F)F)c(CN)s2)nc1. The second kappa shape index (κ2) is 4.62. The minimum Gasteiger partial charge on any atom is -0.326 e. The van der Waals surface area contributed by atoms with Crippen LogP contribution in [0, 0.1) is 6.92 Å². The number of rotatable bonds is 2. The smallest absolute Gasteiger partial charge is 0.326 e. The number of aryl methyl sites for hydroxylation is 1. The first-order valence-electron chi connectivity index (χ1n) is 4.98. The first-order valence-corrected chi connectivity index (χ1v) is 5.79. The maximum absolute atomic E-state index is 12.7. The predicted octanol–water partition coefficient (Wildman–Crippen LogP) is 2.39. The first kappa shape index (κ1) is 12.9. The van der Waals surface area contributed by atoms with E-state index in [1.807, 2.05) is 0 Å². The van der Waals surface area contributed by atoms with Crippen LogP contribution in [0.15, 0.2) is 12.4 Å². The van der Waals surface area contributed by atoms with Crippen LogP contribution in [0.2, 0.25) is 0 Å². The van der Waals surface area contributed by atoms with Crippen LogP contribution in [-0.2, 0) is 12.7 Å². The summed E-state index contributed by atoms with van der Waals surface area (Å²) in [5.74, 6) is 0.177. The van der Waals surface area contributed by atoms with Crippen LogP contribution in [0.3, 0.4) is 0 Å². The van der Waals surface area contributed by atoms with Crippen LogP contribution in [0.4, 0.5) is 13.2 Å². The van der Waals surface area contributed by atoms with Crippen molar-refractivity contribution < 1.29 is 13.2 Å². The molecule has 2 N–H and O–H groups in total. The third-order valence-corrected chi connectivity index (χ3v) is 3.20. The molecule has 0 aliphatic carbocycles. The molecule has 0 spiro atoms. The van der Waals surface area contributed by atoms with Gasteiger partial charge in [-0.3, -0.25) is 0 Å². The zero-order valence-corrected chi connectivity index (χ0v) is 10.1. The zero-order chi connectivity index (χ0) is 13.3. The normalized spacial score (nSPS) is 11.8. The van der Waals surface area contributed by atoms with E-state index in [0.717, 1.165) is 16.9 Å². The fraction of sp³-hybridized carbons (Fsp3) is 0.300. The van der Waals surface area contributed by atoms with Crippen LogP contribution in [-0.4, -0.2) is 15.0 Å². The second-order valence-electron chi connectivity index (χ2n) is 3.58. The highest BCUT2D eigenvalue weighted by Gasteiger charge is 2.37. The van der Waals surface area contributed by atoms with Gasteiger partial charge in [0.2, 0.25) is 0 Å². The maximum Gasteiger partial charge on any atom is 0.434 e. The second-order valence-corrected chi connectivity index (χ2v) is 4.66. The lowest BCUT2D eigenvalue weighted by Crippen LogP contribution is -2.10. The molecule has 0 unspecified atom stereocenters. The van der Waals surface area contributed by atoms with Gasteiger partial charge in [0.05, 0.1) is 4.88 Å². The minimum atomic E-state index is -4.51. The molecule has 18 heavy (non-hydrogen) atoms. The van der Waals surface area contributed by atoms with Crippen molar-refractivity contribution in [1.82, 2.24) is 15.0 Å². The van der Waals surface area contributed by atoms with E-state index < -0.39 is 11.9 Å². The topological polar surface area (TPSA) is 64.7 Å². The van der Waals surface area contributed by atoms with Crippen molar-refractivity contribution in [3.05, 3.63) is 28.5 Å². The molecule has 0 atom stereocenters.